The van der Waals surface area contributed by atoms with Crippen molar-refractivity contribution in [2.75, 3.05) is 13.1 Å². The zero-order valence-corrected chi connectivity index (χ0v) is 12.9. The molecule has 122 valence electrons. The fourth-order valence-corrected chi connectivity index (χ4v) is 3.04. The maximum absolute atomic E-state index is 13.9. The molecule has 3 heterocycles. The van der Waals surface area contributed by atoms with E-state index in [9.17, 15) is 14.0 Å². The third-order valence-electron chi connectivity index (χ3n) is 3.72. The Labute approximate surface area is 134 Å². The molecule has 3 rings (SSSR count). The lowest BCUT2D eigenvalue weighted by Gasteiger charge is -2.17. The SMILES string of the molecule is O=C(CCc1nc(-c2cccs2)no1)N1CCC(F)(C(=O)O)C1. The molecule has 0 bridgehead atoms. The summed E-state index contributed by atoms with van der Waals surface area (Å²) in [5.41, 5.74) is -2.34. The number of hydrogen-bond donors (Lipinski definition) is 1. The number of amides is 1. The Kier molecular flexibility index (Phi) is 4.12. The van der Waals surface area contributed by atoms with Crippen LogP contribution in [0.4, 0.5) is 4.39 Å². The Balaban J connectivity index is 1.55. The number of rotatable bonds is 5. The Morgan fingerprint density at radius 3 is 3.00 bits per heavy atom. The van der Waals surface area contributed by atoms with Gasteiger partial charge in [-0.3, -0.25) is 4.79 Å². The van der Waals surface area contributed by atoms with Crippen molar-refractivity contribution >= 4 is 23.2 Å². The second kappa shape index (κ2) is 6.07. The van der Waals surface area contributed by atoms with Crippen molar-refractivity contribution in [3.63, 3.8) is 0 Å². The van der Waals surface area contributed by atoms with Gasteiger partial charge in [0.25, 0.3) is 0 Å². The number of carbonyl (C=O) groups is 2. The zero-order chi connectivity index (χ0) is 16.4. The quantitative estimate of drug-likeness (QED) is 0.891. The highest BCUT2D eigenvalue weighted by molar-refractivity contribution is 7.13. The first-order valence-corrected chi connectivity index (χ1v) is 7.92. The normalized spacial score (nSPS) is 20.8. The third-order valence-corrected chi connectivity index (χ3v) is 4.58. The van der Waals surface area contributed by atoms with Gasteiger partial charge in [-0.15, -0.1) is 11.3 Å². The molecule has 1 N–H and O–H groups in total. The van der Waals surface area contributed by atoms with E-state index >= 15 is 0 Å². The molecule has 1 saturated heterocycles. The molecule has 1 aliphatic rings. The number of likely N-dealkylation sites (tertiary alicyclic amines) is 1. The number of aromatic nitrogens is 2. The van der Waals surface area contributed by atoms with E-state index in [1.54, 1.807) is 0 Å². The molecule has 0 aliphatic carbocycles. The molecule has 9 heteroatoms. The van der Waals surface area contributed by atoms with Crippen LogP contribution in [0.25, 0.3) is 10.7 Å². The first kappa shape index (κ1) is 15.6. The fourth-order valence-electron chi connectivity index (χ4n) is 2.39. The number of nitrogens with zero attached hydrogens (tertiary/aromatic N) is 3. The number of carboxylic acid groups (broad SMARTS) is 1. The van der Waals surface area contributed by atoms with Crippen LogP contribution in [0.3, 0.4) is 0 Å². The Bertz CT molecular complexity index is 717. The monoisotopic (exact) mass is 339 g/mol. The summed E-state index contributed by atoms with van der Waals surface area (Å²) in [6.07, 6.45) is 0.124. The van der Waals surface area contributed by atoms with E-state index < -0.39 is 18.2 Å². The fraction of sp³-hybridized carbons (Fsp3) is 0.429. The van der Waals surface area contributed by atoms with Crippen LogP contribution >= 0.6 is 11.3 Å². The number of halogens is 1. The van der Waals surface area contributed by atoms with Crippen molar-refractivity contribution < 1.29 is 23.6 Å². The minimum atomic E-state index is -2.34. The molecule has 2 aromatic rings. The van der Waals surface area contributed by atoms with Crippen LogP contribution in [-0.2, 0) is 16.0 Å². The Morgan fingerprint density at radius 2 is 2.35 bits per heavy atom. The standard InChI is InChI=1S/C14H14FN3O4S/c15-14(13(20)21)5-6-18(8-14)11(19)4-3-10-16-12(17-22-10)9-2-1-7-23-9/h1-2,7H,3-6,8H2,(H,20,21). The van der Waals surface area contributed by atoms with E-state index in [0.29, 0.717) is 11.7 Å². The van der Waals surface area contributed by atoms with Crippen molar-refractivity contribution in [3.05, 3.63) is 23.4 Å². The molecule has 1 amide bonds. The van der Waals surface area contributed by atoms with Crippen molar-refractivity contribution in [2.45, 2.75) is 24.9 Å². The Hall–Kier alpha value is -2.29. The van der Waals surface area contributed by atoms with Crippen molar-refractivity contribution in [1.29, 1.82) is 0 Å². The van der Waals surface area contributed by atoms with Crippen LogP contribution in [0.1, 0.15) is 18.7 Å². The van der Waals surface area contributed by atoms with E-state index in [4.69, 9.17) is 9.63 Å². The smallest absolute Gasteiger partial charge is 0.343 e. The summed E-state index contributed by atoms with van der Waals surface area (Å²) in [4.78, 5) is 29.2. The maximum Gasteiger partial charge on any atom is 0.343 e. The average molecular weight is 339 g/mol. The van der Waals surface area contributed by atoms with Crippen LogP contribution in [0.15, 0.2) is 22.0 Å². The molecule has 1 fully saturated rings. The minimum absolute atomic E-state index is 0.0712. The molecule has 7 nitrogen and oxygen atoms in total. The van der Waals surface area contributed by atoms with Crippen molar-refractivity contribution in [1.82, 2.24) is 15.0 Å². The van der Waals surface area contributed by atoms with Gasteiger partial charge in [-0.05, 0) is 11.4 Å². The van der Waals surface area contributed by atoms with Gasteiger partial charge in [-0.25, -0.2) is 9.18 Å². The number of carboxylic acids is 1. The summed E-state index contributed by atoms with van der Waals surface area (Å²) in [5.74, 6) is -1.05. The van der Waals surface area contributed by atoms with Crippen LogP contribution in [0.5, 0.6) is 0 Å². The lowest BCUT2D eigenvalue weighted by molar-refractivity contribution is -0.150. The predicted molar refractivity (Wildman–Crippen MR) is 78.6 cm³/mol. The molecule has 1 atom stereocenters. The summed E-state index contributed by atoms with van der Waals surface area (Å²) in [5, 5.41) is 14.6. The molecule has 2 aromatic heterocycles. The average Bonchev–Trinajstić information content (AvgIpc) is 3.25. The van der Waals surface area contributed by atoms with Crippen molar-refractivity contribution in [2.24, 2.45) is 0 Å². The molecule has 0 aromatic carbocycles. The lowest BCUT2D eigenvalue weighted by Crippen LogP contribution is -2.38. The number of carbonyl (C=O) groups excluding carboxylic acids is 1. The molecule has 1 aliphatic heterocycles. The molecule has 23 heavy (non-hydrogen) atoms. The summed E-state index contributed by atoms with van der Waals surface area (Å²) in [6.45, 7) is -0.308. The van der Waals surface area contributed by atoms with Gasteiger partial charge >= 0.3 is 5.97 Å². The van der Waals surface area contributed by atoms with Crippen LogP contribution < -0.4 is 0 Å². The second-order valence-electron chi connectivity index (χ2n) is 5.32. The van der Waals surface area contributed by atoms with Gasteiger partial charge in [0.1, 0.15) is 0 Å². The largest absolute Gasteiger partial charge is 0.479 e. The molecule has 0 spiro atoms. The van der Waals surface area contributed by atoms with Gasteiger partial charge < -0.3 is 14.5 Å². The molecular formula is C14H14FN3O4S. The van der Waals surface area contributed by atoms with E-state index in [2.05, 4.69) is 10.1 Å². The number of thiophene rings is 1. The first-order valence-electron chi connectivity index (χ1n) is 7.04. The van der Waals surface area contributed by atoms with Crippen molar-refractivity contribution in [3.8, 4) is 10.7 Å². The van der Waals surface area contributed by atoms with Crippen LogP contribution in [0, 0.1) is 0 Å². The highest BCUT2D eigenvalue weighted by atomic mass is 32.1. The predicted octanol–water partition coefficient (Wildman–Crippen LogP) is 1.76. The van der Waals surface area contributed by atoms with Crippen LogP contribution in [0.2, 0.25) is 0 Å². The summed E-state index contributed by atoms with van der Waals surface area (Å²) in [6, 6.07) is 3.74. The zero-order valence-electron chi connectivity index (χ0n) is 12.1. The summed E-state index contributed by atoms with van der Waals surface area (Å²) < 4.78 is 19.0. The highest BCUT2D eigenvalue weighted by Crippen LogP contribution is 2.26. The molecular weight excluding hydrogens is 325 g/mol. The first-order chi connectivity index (χ1) is 11.0. The Morgan fingerprint density at radius 1 is 1.52 bits per heavy atom. The van der Waals surface area contributed by atoms with Gasteiger partial charge in [0, 0.05) is 25.8 Å². The van der Waals surface area contributed by atoms with E-state index in [-0.39, 0.29) is 31.7 Å². The minimum Gasteiger partial charge on any atom is -0.479 e. The lowest BCUT2D eigenvalue weighted by atomic mass is 10.1. The maximum atomic E-state index is 13.9. The van der Waals surface area contributed by atoms with E-state index in [1.165, 1.54) is 16.2 Å². The van der Waals surface area contributed by atoms with E-state index in [1.807, 2.05) is 17.5 Å². The molecule has 1 unspecified atom stereocenters. The van der Waals surface area contributed by atoms with E-state index in [0.717, 1.165) is 4.88 Å². The van der Waals surface area contributed by atoms with Gasteiger partial charge in [0.05, 0.1) is 11.4 Å². The highest BCUT2D eigenvalue weighted by Gasteiger charge is 2.46. The second-order valence-corrected chi connectivity index (χ2v) is 6.27. The number of aliphatic carboxylic acids is 1. The van der Waals surface area contributed by atoms with Gasteiger partial charge in [-0.1, -0.05) is 11.2 Å². The van der Waals surface area contributed by atoms with Gasteiger partial charge in [-0.2, -0.15) is 4.98 Å². The number of hydrogen-bond acceptors (Lipinski definition) is 6. The van der Waals surface area contributed by atoms with Gasteiger partial charge in [0.15, 0.2) is 0 Å². The molecule has 0 radical (unpaired) electrons. The topological polar surface area (TPSA) is 96.5 Å². The third kappa shape index (κ3) is 3.24. The molecule has 0 saturated carbocycles. The number of alkyl halides is 1. The van der Waals surface area contributed by atoms with Gasteiger partial charge in [0.2, 0.25) is 23.3 Å². The summed E-state index contributed by atoms with van der Waals surface area (Å²) >= 11 is 1.48. The number of aryl methyl sites for hydroxylation is 1. The van der Waals surface area contributed by atoms with Crippen LogP contribution in [-0.4, -0.2) is 50.8 Å². The summed E-state index contributed by atoms with van der Waals surface area (Å²) in [7, 11) is 0.